The Hall–Kier alpha value is -4.84. The molecule has 0 fully saturated rings. The van der Waals surface area contributed by atoms with E-state index in [-0.39, 0.29) is 22.6 Å². The van der Waals surface area contributed by atoms with E-state index in [0.717, 1.165) is 11.4 Å². The highest BCUT2D eigenvalue weighted by Gasteiger charge is 2.31. The summed E-state index contributed by atoms with van der Waals surface area (Å²) in [4.78, 5) is 41.3. The van der Waals surface area contributed by atoms with Gasteiger partial charge in [0, 0.05) is 14.1 Å². The van der Waals surface area contributed by atoms with Crippen LogP contribution in [0.4, 0.5) is 17.1 Å². The number of amides is 1. The summed E-state index contributed by atoms with van der Waals surface area (Å²) in [6.45, 7) is -0.635. The number of hydrogen-bond acceptors (Lipinski definition) is 8. The Kier molecular flexibility index (Phi) is 6.14. The Morgan fingerprint density at radius 3 is 2.24 bits per heavy atom. The molecule has 170 valence electrons. The van der Waals surface area contributed by atoms with E-state index in [1.807, 2.05) is 30.3 Å². The fourth-order valence-corrected chi connectivity index (χ4v) is 3.70. The van der Waals surface area contributed by atoms with Crippen molar-refractivity contribution in [3.63, 3.8) is 0 Å². The summed E-state index contributed by atoms with van der Waals surface area (Å²) in [7, 11) is 3.51. The van der Waals surface area contributed by atoms with Crippen molar-refractivity contribution >= 4 is 34.7 Å². The molecule has 1 aliphatic heterocycles. The minimum Gasteiger partial charge on any atom is -0.459 e. The van der Waals surface area contributed by atoms with Crippen LogP contribution in [0.2, 0.25) is 0 Å². The number of furan rings is 1. The molecule has 9 nitrogen and oxygen atoms in total. The maximum absolute atomic E-state index is 12.9. The highest BCUT2D eigenvalue weighted by atomic mass is 16.5. The zero-order valence-electron chi connectivity index (χ0n) is 18.4. The Balaban J connectivity index is 1.50. The first-order valence-electron chi connectivity index (χ1n) is 10.3. The minimum atomic E-state index is -0.817. The van der Waals surface area contributed by atoms with Crippen LogP contribution in [-0.4, -0.2) is 38.4 Å². The van der Waals surface area contributed by atoms with Crippen LogP contribution in [0.5, 0.6) is 0 Å². The summed E-state index contributed by atoms with van der Waals surface area (Å²) in [5.41, 5.74) is 1.82. The maximum atomic E-state index is 12.9. The number of para-hydroxylation sites is 3. The number of hydrogen-bond donors (Lipinski definition) is 1. The van der Waals surface area contributed by atoms with Crippen molar-refractivity contribution in [1.29, 1.82) is 5.26 Å². The van der Waals surface area contributed by atoms with Crippen molar-refractivity contribution in [1.82, 2.24) is 0 Å². The number of ketones is 1. The van der Waals surface area contributed by atoms with Crippen LogP contribution >= 0.6 is 0 Å². The number of Topliss-reactive ketones (excluding diaryl/α,β-unsaturated/α-hetero) is 1. The van der Waals surface area contributed by atoms with Crippen LogP contribution in [0.3, 0.4) is 0 Å². The largest absolute Gasteiger partial charge is 0.459 e. The van der Waals surface area contributed by atoms with E-state index in [4.69, 9.17) is 9.15 Å². The summed E-state index contributed by atoms with van der Waals surface area (Å²) in [6.07, 6.45) is 1.36. The maximum Gasteiger partial charge on any atom is 0.340 e. The van der Waals surface area contributed by atoms with E-state index < -0.39 is 24.3 Å². The molecule has 0 radical (unpaired) electrons. The third kappa shape index (κ3) is 4.12. The van der Waals surface area contributed by atoms with Crippen molar-refractivity contribution in [2.75, 3.05) is 35.8 Å². The molecule has 0 bridgehead atoms. The molecule has 34 heavy (non-hydrogen) atoms. The van der Waals surface area contributed by atoms with Gasteiger partial charge in [0.05, 0.1) is 28.9 Å². The van der Waals surface area contributed by atoms with Gasteiger partial charge in [-0.2, -0.15) is 5.26 Å². The molecule has 2 aromatic carbocycles. The van der Waals surface area contributed by atoms with Crippen LogP contribution in [0.25, 0.3) is 0 Å². The zero-order chi connectivity index (χ0) is 24.2. The number of nitriles is 1. The third-order valence-electron chi connectivity index (χ3n) is 5.33. The number of carbonyl (C=O) groups is 3. The highest BCUT2D eigenvalue weighted by Crippen LogP contribution is 2.40. The first kappa shape index (κ1) is 22.4. The fraction of sp³-hybridized carbons (Fsp3) is 0.120. The predicted molar refractivity (Wildman–Crippen MR) is 124 cm³/mol. The normalized spacial score (nSPS) is 12.1. The fourth-order valence-electron chi connectivity index (χ4n) is 3.70. The van der Waals surface area contributed by atoms with Gasteiger partial charge < -0.3 is 24.3 Å². The molecule has 1 N–H and O–H groups in total. The number of esters is 1. The summed E-state index contributed by atoms with van der Waals surface area (Å²) < 4.78 is 10.3. The molecular formula is C25H20N4O5. The van der Waals surface area contributed by atoms with Crippen LogP contribution < -0.4 is 15.1 Å². The Morgan fingerprint density at radius 1 is 0.971 bits per heavy atom. The molecule has 0 atom stereocenters. The molecule has 0 saturated carbocycles. The quantitative estimate of drug-likeness (QED) is 0.340. The van der Waals surface area contributed by atoms with Crippen LogP contribution in [0, 0.1) is 11.3 Å². The lowest BCUT2D eigenvalue weighted by Crippen LogP contribution is -2.28. The van der Waals surface area contributed by atoms with E-state index in [2.05, 4.69) is 5.32 Å². The summed E-state index contributed by atoms with van der Waals surface area (Å²) in [5, 5.41) is 12.3. The van der Waals surface area contributed by atoms with E-state index in [9.17, 15) is 19.6 Å². The van der Waals surface area contributed by atoms with E-state index in [0.29, 0.717) is 5.82 Å². The smallest absolute Gasteiger partial charge is 0.340 e. The van der Waals surface area contributed by atoms with Crippen molar-refractivity contribution in [2.45, 2.75) is 0 Å². The molecule has 0 spiro atoms. The minimum absolute atomic E-state index is 0.0591. The Bertz CT molecular complexity index is 1310. The predicted octanol–water partition coefficient (Wildman–Crippen LogP) is 3.58. The van der Waals surface area contributed by atoms with Gasteiger partial charge >= 0.3 is 5.97 Å². The number of nitrogens with one attached hydrogen (secondary N) is 1. The van der Waals surface area contributed by atoms with Gasteiger partial charge in [-0.1, -0.05) is 24.3 Å². The number of carbonyl (C=O) groups excluding carboxylic acids is 3. The third-order valence-corrected chi connectivity index (χ3v) is 5.33. The van der Waals surface area contributed by atoms with Gasteiger partial charge in [0.2, 0.25) is 5.78 Å². The van der Waals surface area contributed by atoms with Crippen LogP contribution in [0.1, 0.15) is 20.9 Å². The molecule has 4 rings (SSSR count). The van der Waals surface area contributed by atoms with E-state index in [1.165, 1.54) is 24.5 Å². The summed E-state index contributed by atoms with van der Waals surface area (Å²) in [5.74, 6) is -1.52. The average Bonchev–Trinajstić information content (AvgIpc) is 3.47. The molecular weight excluding hydrogens is 436 g/mol. The van der Waals surface area contributed by atoms with Gasteiger partial charge in [-0.05, 0) is 36.4 Å². The number of benzene rings is 2. The monoisotopic (exact) mass is 456 g/mol. The Morgan fingerprint density at radius 2 is 1.62 bits per heavy atom. The van der Waals surface area contributed by atoms with Crippen molar-refractivity contribution in [3.8, 4) is 6.07 Å². The molecule has 1 aliphatic rings. The summed E-state index contributed by atoms with van der Waals surface area (Å²) in [6, 6.07) is 18.7. The second-order valence-corrected chi connectivity index (χ2v) is 7.39. The molecule has 9 heteroatoms. The number of ether oxygens (including phenoxy) is 1. The second-order valence-electron chi connectivity index (χ2n) is 7.39. The molecule has 3 aromatic rings. The lowest BCUT2D eigenvalue weighted by Gasteiger charge is -2.19. The first-order valence-corrected chi connectivity index (χ1v) is 10.3. The van der Waals surface area contributed by atoms with Crippen LogP contribution in [-0.2, 0) is 9.53 Å². The molecule has 0 saturated heterocycles. The number of rotatable bonds is 6. The van der Waals surface area contributed by atoms with Gasteiger partial charge in [-0.3, -0.25) is 9.59 Å². The van der Waals surface area contributed by atoms with Crippen molar-refractivity contribution in [2.24, 2.45) is 0 Å². The van der Waals surface area contributed by atoms with Gasteiger partial charge in [0.15, 0.2) is 12.4 Å². The first-order chi connectivity index (χ1) is 16.4. The second kappa shape index (κ2) is 9.34. The number of fused-ring (bicyclic) bond motifs is 1. The molecule has 2 heterocycles. The van der Waals surface area contributed by atoms with Gasteiger partial charge in [0.1, 0.15) is 17.5 Å². The van der Waals surface area contributed by atoms with E-state index in [1.54, 1.807) is 42.1 Å². The molecule has 0 aliphatic carbocycles. The van der Waals surface area contributed by atoms with Gasteiger partial charge in [-0.25, -0.2) is 4.79 Å². The SMILES string of the molecule is CN1C(=C(C#N)C(=O)COC(=O)c2ccccc2NC(=O)c2ccco2)N(C)c2ccccc21. The number of anilines is 3. The zero-order valence-corrected chi connectivity index (χ0v) is 18.4. The molecule has 0 unspecified atom stereocenters. The standard InChI is InChI=1S/C25H20N4O5/c1-28-19-10-5-6-11-20(19)29(2)24(28)17(14-26)21(30)15-34-25(32)16-8-3-4-9-18(16)27-23(31)22-12-7-13-33-22/h3-13H,15H2,1-2H3,(H,27,31). The number of nitrogens with zero attached hydrogens (tertiary/aromatic N) is 3. The Labute approximate surface area is 195 Å². The summed E-state index contributed by atoms with van der Waals surface area (Å²) >= 11 is 0. The molecule has 1 amide bonds. The van der Waals surface area contributed by atoms with Crippen molar-refractivity contribution in [3.05, 3.63) is 89.6 Å². The van der Waals surface area contributed by atoms with Gasteiger partial charge in [-0.15, -0.1) is 0 Å². The highest BCUT2D eigenvalue weighted by molar-refractivity contribution is 6.08. The average molecular weight is 456 g/mol. The van der Waals surface area contributed by atoms with E-state index >= 15 is 0 Å². The van der Waals surface area contributed by atoms with Gasteiger partial charge in [0.25, 0.3) is 5.91 Å². The van der Waals surface area contributed by atoms with Crippen molar-refractivity contribution < 1.29 is 23.5 Å². The lowest BCUT2D eigenvalue weighted by atomic mass is 10.1. The lowest BCUT2D eigenvalue weighted by molar-refractivity contribution is -0.118. The van der Waals surface area contributed by atoms with Crippen LogP contribution in [0.15, 0.2) is 82.7 Å². The topological polar surface area (TPSA) is 116 Å². The molecule has 1 aromatic heterocycles.